The molecule has 0 aromatic rings. The Bertz CT molecular complexity index is 261. The first-order chi connectivity index (χ1) is 6.21. The van der Waals surface area contributed by atoms with E-state index in [0.29, 0.717) is 5.92 Å². The van der Waals surface area contributed by atoms with E-state index in [9.17, 15) is 5.11 Å². The number of hydrogen-bond acceptors (Lipinski definition) is 1. The van der Waals surface area contributed by atoms with Gasteiger partial charge in [0.2, 0.25) is 0 Å². The SMILES string of the molecule is C#CC1C2CC3CC(C2)CC1(O)C3. The van der Waals surface area contributed by atoms with Crippen molar-refractivity contribution in [1.82, 2.24) is 0 Å². The van der Waals surface area contributed by atoms with Crippen molar-refractivity contribution in [3.05, 3.63) is 0 Å². The van der Waals surface area contributed by atoms with Crippen molar-refractivity contribution in [2.45, 2.75) is 37.7 Å². The number of aliphatic hydroxyl groups is 1. The summed E-state index contributed by atoms with van der Waals surface area (Å²) < 4.78 is 0. The van der Waals surface area contributed by atoms with Crippen molar-refractivity contribution in [2.75, 3.05) is 0 Å². The molecule has 3 unspecified atom stereocenters. The van der Waals surface area contributed by atoms with Crippen molar-refractivity contribution in [1.29, 1.82) is 0 Å². The van der Waals surface area contributed by atoms with Crippen LogP contribution < -0.4 is 0 Å². The average Bonchev–Trinajstić information content (AvgIpc) is 2.00. The lowest BCUT2D eigenvalue weighted by Crippen LogP contribution is -2.56. The molecule has 0 heterocycles. The molecule has 0 radical (unpaired) electrons. The molecule has 0 spiro atoms. The maximum Gasteiger partial charge on any atom is 0.0792 e. The number of terminal acetylenes is 1. The third-order valence-electron chi connectivity index (χ3n) is 4.45. The molecule has 4 aliphatic carbocycles. The molecule has 1 nitrogen and oxygen atoms in total. The monoisotopic (exact) mass is 176 g/mol. The van der Waals surface area contributed by atoms with Gasteiger partial charge in [0.1, 0.15) is 0 Å². The molecule has 1 N–H and O–H groups in total. The average molecular weight is 176 g/mol. The van der Waals surface area contributed by atoms with E-state index in [2.05, 4.69) is 5.92 Å². The van der Waals surface area contributed by atoms with Crippen LogP contribution in [0, 0.1) is 36.0 Å². The zero-order valence-corrected chi connectivity index (χ0v) is 7.87. The van der Waals surface area contributed by atoms with E-state index in [1.807, 2.05) is 0 Å². The fourth-order valence-corrected chi connectivity index (χ4v) is 4.29. The predicted molar refractivity (Wildman–Crippen MR) is 50.8 cm³/mol. The molecule has 0 aliphatic heterocycles. The van der Waals surface area contributed by atoms with E-state index in [1.54, 1.807) is 0 Å². The van der Waals surface area contributed by atoms with Gasteiger partial charge in [-0.15, -0.1) is 12.3 Å². The van der Waals surface area contributed by atoms with Gasteiger partial charge in [-0.1, -0.05) is 0 Å². The molecule has 3 atom stereocenters. The molecule has 0 aromatic carbocycles. The first-order valence-corrected chi connectivity index (χ1v) is 5.40. The van der Waals surface area contributed by atoms with Gasteiger partial charge in [-0.05, 0) is 49.9 Å². The predicted octanol–water partition coefficient (Wildman–Crippen LogP) is 1.81. The summed E-state index contributed by atoms with van der Waals surface area (Å²) in [5.41, 5.74) is -0.469. The summed E-state index contributed by atoms with van der Waals surface area (Å²) >= 11 is 0. The van der Waals surface area contributed by atoms with Crippen molar-refractivity contribution in [3.8, 4) is 12.3 Å². The normalized spacial score (nSPS) is 57.8. The van der Waals surface area contributed by atoms with Crippen molar-refractivity contribution in [2.24, 2.45) is 23.7 Å². The van der Waals surface area contributed by atoms with Crippen LogP contribution in [0.4, 0.5) is 0 Å². The summed E-state index contributed by atoms with van der Waals surface area (Å²) in [5, 5.41) is 10.4. The fraction of sp³-hybridized carbons (Fsp3) is 0.833. The summed E-state index contributed by atoms with van der Waals surface area (Å²) in [4.78, 5) is 0. The molecule has 70 valence electrons. The third-order valence-corrected chi connectivity index (χ3v) is 4.45. The van der Waals surface area contributed by atoms with Crippen LogP contribution >= 0.6 is 0 Å². The standard InChI is InChI=1S/C12H16O/c1-2-11-10-4-8-3-9(5-10)7-12(11,13)6-8/h1,8-11,13H,3-7H2. The lowest BCUT2D eigenvalue weighted by Gasteiger charge is -2.57. The molecule has 0 saturated heterocycles. The van der Waals surface area contributed by atoms with Gasteiger partial charge in [0.25, 0.3) is 0 Å². The maximum absolute atomic E-state index is 10.4. The highest BCUT2D eigenvalue weighted by atomic mass is 16.3. The molecule has 13 heavy (non-hydrogen) atoms. The highest BCUT2D eigenvalue weighted by molar-refractivity contribution is 5.15. The molecule has 4 fully saturated rings. The van der Waals surface area contributed by atoms with E-state index in [4.69, 9.17) is 6.42 Å². The lowest BCUT2D eigenvalue weighted by atomic mass is 9.50. The van der Waals surface area contributed by atoms with E-state index < -0.39 is 5.60 Å². The second kappa shape index (κ2) is 2.30. The highest BCUT2D eigenvalue weighted by Crippen LogP contribution is 2.58. The molecule has 4 bridgehead atoms. The first-order valence-electron chi connectivity index (χ1n) is 5.40. The van der Waals surface area contributed by atoms with Crippen LogP contribution in [-0.4, -0.2) is 10.7 Å². The molecule has 1 heteroatoms. The van der Waals surface area contributed by atoms with Crippen molar-refractivity contribution >= 4 is 0 Å². The molecule has 4 rings (SSSR count). The van der Waals surface area contributed by atoms with Crippen LogP contribution in [0.1, 0.15) is 32.1 Å². The second-order valence-corrected chi connectivity index (χ2v) is 5.36. The van der Waals surface area contributed by atoms with E-state index in [1.165, 1.54) is 19.3 Å². The Morgan fingerprint density at radius 2 is 1.77 bits per heavy atom. The zero-order chi connectivity index (χ0) is 9.05. The summed E-state index contributed by atoms with van der Waals surface area (Å²) in [6.45, 7) is 0. The van der Waals surface area contributed by atoms with Gasteiger partial charge < -0.3 is 5.11 Å². The van der Waals surface area contributed by atoms with Crippen molar-refractivity contribution in [3.63, 3.8) is 0 Å². The van der Waals surface area contributed by atoms with Crippen LogP contribution in [0.2, 0.25) is 0 Å². The quantitative estimate of drug-likeness (QED) is 0.558. The molecule has 4 aliphatic rings. The van der Waals surface area contributed by atoms with Gasteiger partial charge in [0, 0.05) is 0 Å². The number of rotatable bonds is 0. The maximum atomic E-state index is 10.4. The van der Waals surface area contributed by atoms with E-state index in [-0.39, 0.29) is 5.92 Å². The van der Waals surface area contributed by atoms with Gasteiger partial charge >= 0.3 is 0 Å². The Morgan fingerprint density at radius 1 is 1.15 bits per heavy atom. The summed E-state index contributed by atoms with van der Waals surface area (Å²) in [6.07, 6.45) is 11.4. The highest BCUT2D eigenvalue weighted by Gasteiger charge is 2.55. The molecular formula is C12H16O. The van der Waals surface area contributed by atoms with Crippen LogP contribution in [-0.2, 0) is 0 Å². The zero-order valence-electron chi connectivity index (χ0n) is 7.87. The van der Waals surface area contributed by atoms with Crippen LogP contribution in [0.15, 0.2) is 0 Å². The smallest absolute Gasteiger partial charge is 0.0792 e. The topological polar surface area (TPSA) is 20.2 Å². The van der Waals surface area contributed by atoms with Gasteiger partial charge in [-0.3, -0.25) is 0 Å². The molecule has 0 amide bonds. The van der Waals surface area contributed by atoms with Gasteiger partial charge in [0.05, 0.1) is 11.5 Å². The Labute approximate surface area is 79.5 Å². The van der Waals surface area contributed by atoms with E-state index >= 15 is 0 Å². The first kappa shape index (κ1) is 7.88. The third kappa shape index (κ3) is 0.929. The largest absolute Gasteiger partial charge is 0.389 e. The van der Waals surface area contributed by atoms with Crippen LogP contribution in [0.3, 0.4) is 0 Å². The Kier molecular flexibility index (Phi) is 1.40. The minimum atomic E-state index is -0.469. The Morgan fingerprint density at radius 3 is 2.23 bits per heavy atom. The van der Waals surface area contributed by atoms with Gasteiger partial charge in [-0.2, -0.15) is 0 Å². The molecule has 0 aromatic heterocycles. The second-order valence-electron chi connectivity index (χ2n) is 5.36. The minimum Gasteiger partial charge on any atom is -0.389 e. The molecule has 4 saturated carbocycles. The lowest BCUT2D eigenvalue weighted by molar-refractivity contribution is -0.152. The van der Waals surface area contributed by atoms with Crippen LogP contribution in [0.5, 0.6) is 0 Å². The van der Waals surface area contributed by atoms with Gasteiger partial charge in [-0.25, -0.2) is 0 Å². The van der Waals surface area contributed by atoms with E-state index in [0.717, 1.165) is 24.7 Å². The fourth-order valence-electron chi connectivity index (χ4n) is 4.29. The summed E-state index contributed by atoms with van der Waals surface area (Å²) in [6, 6.07) is 0. The minimum absolute atomic E-state index is 0.167. The van der Waals surface area contributed by atoms with Gasteiger partial charge in [0.15, 0.2) is 0 Å². The molecular weight excluding hydrogens is 160 g/mol. The Hall–Kier alpha value is -0.480. The van der Waals surface area contributed by atoms with Crippen molar-refractivity contribution < 1.29 is 5.11 Å². The summed E-state index contributed by atoms with van der Waals surface area (Å²) in [5.74, 6) is 5.21. The number of hydrogen-bond donors (Lipinski definition) is 1. The summed E-state index contributed by atoms with van der Waals surface area (Å²) in [7, 11) is 0. The van der Waals surface area contributed by atoms with Crippen LogP contribution in [0.25, 0.3) is 0 Å². The Balaban J connectivity index is 1.99.